The average molecular weight is 367 g/mol. The summed E-state index contributed by atoms with van der Waals surface area (Å²) in [7, 11) is 2.05. The molecule has 2 saturated carbocycles. The molecule has 0 spiro atoms. The summed E-state index contributed by atoms with van der Waals surface area (Å²) in [5, 5.41) is 11.3. The molecule has 144 valence electrons. The molecule has 6 heteroatoms. The Morgan fingerprint density at radius 2 is 2.11 bits per heavy atom. The third kappa shape index (κ3) is 2.94. The average Bonchev–Trinajstić information content (AvgIpc) is 3.42. The minimum Gasteiger partial charge on any atom is -0.337 e. The number of hydrogen-bond donors (Lipinski definition) is 2. The number of nitrogens with zero attached hydrogens (tertiary/aromatic N) is 4. The number of nitrogens with one attached hydrogen (secondary N) is 2. The maximum atomic E-state index is 4.95. The molecule has 0 aromatic carbocycles. The van der Waals surface area contributed by atoms with E-state index in [1.807, 2.05) is 19.3 Å². The predicted octanol–water partition coefficient (Wildman–Crippen LogP) is 3.20. The van der Waals surface area contributed by atoms with E-state index in [0.29, 0.717) is 17.4 Å². The molecule has 0 amide bonds. The van der Waals surface area contributed by atoms with Crippen LogP contribution in [0.25, 0.3) is 0 Å². The van der Waals surface area contributed by atoms with E-state index in [0.717, 1.165) is 30.4 Å². The van der Waals surface area contributed by atoms with Gasteiger partial charge >= 0.3 is 0 Å². The zero-order valence-corrected chi connectivity index (χ0v) is 16.4. The molecule has 1 unspecified atom stereocenters. The number of rotatable bonds is 6. The molecule has 2 N–H and O–H groups in total. The Morgan fingerprint density at radius 3 is 2.89 bits per heavy atom. The molecule has 4 aliphatic rings. The van der Waals surface area contributed by atoms with Crippen molar-refractivity contribution in [3.8, 4) is 0 Å². The summed E-state index contributed by atoms with van der Waals surface area (Å²) >= 11 is 0. The first-order chi connectivity index (χ1) is 13.2. The van der Waals surface area contributed by atoms with Crippen molar-refractivity contribution in [2.24, 2.45) is 5.41 Å². The van der Waals surface area contributed by atoms with Crippen LogP contribution in [-0.4, -0.2) is 46.3 Å². The zero-order valence-electron chi connectivity index (χ0n) is 16.4. The minimum atomic E-state index is 0.182. The molecule has 2 saturated heterocycles. The van der Waals surface area contributed by atoms with E-state index >= 15 is 0 Å². The molecule has 27 heavy (non-hydrogen) atoms. The number of H-pyrrole nitrogens is 1. The monoisotopic (exact) mass is 366 g/mol. The maximum absolute atomic E-state index is 4.95. The summed E-state index contributed by atoms with van der Waals surface area (Å²) in [5.74, 6) is 1.74. The molecular weight excluding hydrogens is 336 g/mol. The van der Waals surface area contributed by atoms with Crippen molar-refractivity contribution < 1.29 is 0 Å². The third-order valence-corrected chi connectivity index (χ3v) is 7.06. The highest BCUT2D eigenvalue weighted by molar-refractivity contribution is 5.41. The van der Waals surface area contributed by atoms with Crippen LogP contribution in [0.4, 0.5) is 5.95 Å². The lowest BCUT2D eigenvalue weighted by atomic mass is 9.70. The van der Waals surface area contributed by atoms with Crippen LogP contribution >= 0.6 is 0 Å². The second-order valence-electron chi connectivity index (χ2n) is 8.95. The van der Waals surface area contributed by atoms with Crippen LogP contribution in [0.3, 0.4) is 0 Å². The van der Waals surface area contributed by atoms with Crippen LogP contribution < -0.4 is 10.2 Å². The third-order valence-electron chi connectivity index (χ3n) is 7.06. The maximum Gasteiger partial charge on any atom is 0.225 e. The smallest absolute Gasteiger partial charge is 0.225 e. The molecule has 2 aliphatic heterocycles. The van der Waals surface area contributed by atoms with E-state index in [1.54, 1.807) is 0 Å². The Kier molecular flexibility index (Phi) is 4.19. The van der Waals surface area contributed by atoms with Crippen LogP contribution in [0.2, 0.25) is 0 Å². The van der Waals surface area contributed by atoms with Crippen molar-refractivity contribution in [1.29, 1.82) is 0 Å². The van der Waals surface area contributed by atoms with Gasteiger partial charge in [0.25, 0.3) is 0 Å². The van der Waals surface area contributed by atoms with Gasteiger partial charge in [-0.3, -0.25) is 5.10 Å². The van der Waals surface area contributed by atoms with Crippen LogP contribution in [-0.2, 0) is 0 Å². The molecular formula is C21H30N6. The van der Waals surface area contributed by atoms with Gasteiger partial charge in [0, 0.05) is 48.3 Å². The molecule has 0 radical (unpaired) electrons. The van der Waals surface area contributed by atoms with Crippen LogP contribution in [0.15, 0.2) is 18.3 Å². The van der Waals surface area contributed by atoms with Gasteiger partial charge in [0.15, 0.2) is 0 Å². The van der Waals surface area contributed by atoms with Crippen LogP contribution in [0.1, 0.15) is 74.4 Å². The molecule has 4 heterocycles. The van der Waals surface area contributed by atoms with Crippen molar-refractivity contribution in [3.05, 3.63) is 35.4 Å². The van der Waals surface area contributed by atoms with Crippen molar-refractivity contribution >= 4 is 5.95 Å². The number of aromatic amines is 1. The lowest BCUT2D eigenvalue weighted by molar-refractivity contribution is 0.196. The number of aromatic nitrogens is 4. The largest absolute Gasteiger partial charge is 0.337 e. The number of anilines is 1. The molecule has 2 bridgehead atoms. The Bertz CT molecular complexity index is 803. The van der Waals surface area contributed by atoms with Crippen molar-refractivity contribution in [2.45, 2.75) is 63.3 Å². The molecule has 6 rings (SSSR count). The summed E-state index contributed by atoms with van der Waals surface area (Å²) in [4.78, 5) is 12.0. The highest BCUT2D eigenvalue weighted by atomic mass is 15.3. The van der Waals surface area contributed by atoms with Crippen molar-refractivity contribution in [3.63, 3.8) is 0 Å². The van der Waals surface area contributed by atoms with Gasteiger partial charge in [0.1, 0.15) is 0 Å². The Balaban J connectivity index is 1.33. The van der Waals surface area contributed by atoms with Gasteiger partial charge in [0.05, 0.1) is 11.4 Å². The van der Waals surface area contributed by atoms with Gasteiger partial charge in [0.2, 0.25) is 5.95 Å². The quantitative estimate of drug-likeness (QED) is 0.822. The van der Waals surface area contributed by atoms with E-state index in [2.05, 4.69) is 38.4 Å². The first-order valence-corrected chi connectivity index (χ1v) is 10.5. The van der Waals surface area contributed by atoms with Crippen LogP contribution in [0.5, 0.6) is 0 Å². The van der Waals surface area contributed by atoms with Gasteiger partial charge in [-0.1, -0.05) is 19.8 Å². The molecule has 1 atom stereocenters. The van der Waals surface area contributed by atoms with Gasteiger partial charge in [-0.05, 0) is 44.9 Å². The highest BCUT2D eigenvalue weighted by Gasteiger charge is 2.55. The van der Waals surface area contributed by atoms with E-state index < -0.39 is 0 Å². The first kappa shape index (κ1) is 17.2. The molecule has 6 nitrogen and oxygen atoms in total. The molecule has 2 aliphatic carbocycles. The summed E-state index contributed by atoms with van der Waals surface area (Å²) in [6.45, 7) is 4.37. The van der Waals surface area contributed by atoms with E-state index in [4.69, 9.17) is 4.98 Å². The summed E-state index contributed by atoms with van der Waals surface area (Å²) in [6, 6.07) is 4.92. The van der Waals surface area contributed by atoms with Gasteiger partial charge < -0.3 is 10.2 Å². The highest BCUT2D eigenvalue weighted by Crippen LogP contribution is 2.52. The lowest BCUT2D eigenvalue weighted by Crippen LogP contribution is -2.41. The molecule has 4 fully saturated rings. The summed E-state index contributed by atoms with van der Waals surface area (Å²) < 4.78 is 0. The topological polar surface area (TPSA) is 69.7 Å². The lowest BCUT2D eigenvalue weighted by Gasteiger charge is -2.36. The fourth-order valence-corrected chi connectivity index (χ4v) is 5.50. The Labute approximate surface area is 161 Å². The summed E-state index contributed by atoms with van der Waals surface area (Å²) in [5.41, 5.74) is 3.90. The fourth-order valence-electron chi connectivity index (χ4n) is 5.50. The van der Waals surface area contributed by atoms with Crippen molar-refractivity contribution in [1.82, 2.24) is 25.5 Å². The second kappa shape index (κ2) is 6.59. The van der Waals surface area contributed by atoms with Crippen LogP contribution in [0, 0.1) is 5.41 Å². The second-order valence-corrected chi connectivity index (χ2v) is 8.95. The van der Waals surface area contributed by atoms with Gasteiger partial charge in [-0.2, -0.15) is 5.10 Å². The first-order valence-electron chi connectivity index (χ1n) is 10.5. The van der Waals surface area contributed by atoms with E-state index in [-0.39, 0.29) is 5.92 Å². The fraction of sp³-hybridized carbons (Fsp3) is 0.667. The molecule has 2 aromatic rings. The van der Waals surface area contributed by atoms with E-state index in [1.165, 1.54) is 44.2 Å². The normalized spacial score (nSPS) is 28.5. The van der Waals surface area contributed by atoms with E-state index in [9.17, 15) is 0 Å². The molecule has 2 aromatic heterocycles. The van der Waals surface area contributed by atoms with Gasteiger partial charge in [-0.15, -0.1) is 0 Å². The number of fused-ring (bicyclic) bond motifs is 1. The summed E-state index contributed by atoms with van der Waals surface area (Å²) in [6.07, 6.45) is 9.71. The standard InChI is InChI=1S/C21H30N6/c1-14(18-9-19(26-25-18)15-5-3-4-6-15)17-7-8-23-20(24-17)27-13-21(12-22-2)10-16(27)11-21/h7-9,14-16,22H,3-6,10-13H2,1-2H3,(H,25,26). The van der Waals surface area contributed by atoms with Crippen molar-refractivity contribution in [2.75, 3.05) is 25.0 Å². The van der Waals surface area contributed by atoms with Gasteiger partial charge in [-0.25, -0.2) is 9.97 Å². The zero-order chi connectivity index (χ0) is 18.4. The Morgan fingerprint density at radius 1 is 1.30 bits per heavy atom. The SMILES string of the molecule is CNCC12CC(C1)N(c1nccc(C(C)c3cc(C4CCCC4)[nH]n3)n1)C2. The number of hydrogen-bond acceptors (Lipinski definition) is 5. The Hall–Kier alpha value is -1.95. The predicted molar refractivity (Wildman–Crippen MR) is 106 cm³/mol. The minimum absolute atomic E-state index is 0.182.